The lowest BCUT2D eigenvalue weighted by Gasteiger charge is -2.28. The Bertz CT molecular complexity index is 1380. The Hall–Kier alpha value is -3.59. The Kier molecular flexibility index (Phi) is 5.31. The van der Waals surface area contributed by atoms with Gasteiger partial charge in [0.2, 0.25) is 5.75 Å². The van der Waals surface area contributed by atoms with E-state index in [0.29, 0.717) is 36.6 Å². The van der Waals surface area contributed by atoms with Crippen LogP contribution in [0.25, 0.3) is 22.3 Å². The molecular weight excluding hydrogens is 456 g/mol. The Morgan fingerprint density at radius 1 is 1.06 bits per heavy atom. The minimum atomic E-state index is 0.125. The Labute approximate surface area is 209 Å². The van der Waals surface area contributed by atoms with E-state index in [1.165, 1.54) is 12.8 Å². The fourth-order valence-corrected chi connectivity index (χ4v) is 5.33. The lowest BCUT2D eigenvalue weighted by atomic mass is 10.1. The summed E-state index contributed by atoms with van der Waals surface area (Å²) < 4.78 is 22.1. The number of methoxy groups -OCH3 is 1. The number of fused-ring (bicyclic) bond motifs is 2. The maximum absolute atomic E-state index is 6.24. The van der Waals surface area contributed by atoms with Crippen LogP contribution in [0.3, 0.4) is 0 Å². The molecule has 0 spiro atoms. The summed E-state index contributed by atoms with van der Waals surface area (Å²) >= 11 is 0. The van der Waals surface area contributed by atoms with Crippen molar-refractivity contribution in [3.63, 3.8) is 0 Å². The third kappa shape index (κ3) is 3.97. The Morgan fingerprint density at radius 2 is 1.94 bits per heavy atom. The van der Waals surface area contributed by atoms with Crippen LogP contribution in [-0.4, -0.2) is 57.2 Å². The minimum absolute atomic E-state index is 0.125. The average molecular weight is 487 g/mol. The molecule has 1 saturated carbocycles. The van der Waals surface area contributed by atoms with Gasteiger partial charge < -0.3 is 24.1 Å². The van der Waals surface area contributed by atoms with Gasteiger partial charge in [-0.2, -0.15) is 5.10 Å². The molecule has 7 rings (SSSR count). The number of hydrogen-bond donors (Lipinski definition) is 1. The van der Waals surface area contributed by atoms with Crippen molar-refractivity contribution in [2.24, 2.45) is 5.92 Å². The van der Waals surface area contributed by atoms with Crippen molar-refractivity contribution in [2.75, 3.05) is 26.8 Å². The molecule has 5 heterocycles. The van der Waals surface area contributed by atoms with Crippen LogP contribution in [0.15, 0.2) is 43.1 Å². The first-order valence-corrected chi connectivity index (χ1v) is 12.8. The second kappa shape index (κ2) is 8.81. The first-order valence-electron chi connectivity index (χ1n) is 12.8. The van der Waals surface area contributed by atoms with Crippen LogP contribution in [0.1, 0.15) is 37.3 Å². The highest BCUT2D eigenvalue weighted by atomic mass is 16.6. The summed E-state index contributed by atoms with van der Waals surface area (Å²) in [5.74, 6) is 2.77. The molecule has 3 aromatic heterocycles. The van der Waals surface area contributed by atoms with Crippen molar-refractivity contribution < 1.29 is 14.2 Å². The quantitative estimate of drug-likeness (QED) is 0.443. The van der Waals surface area contributed by atoms with Gasteiger partial charge in [-0.3, -0.25) is 4.68 Å². The van der Waals surface area contributed by atoms with Gasteiger partial charge >= 0.3 is 0 Å². The van der Waals surface area contributed by atoms with Gasteiger partial charge in [-0.25, -0.2) is 9.97 Å². The summed E-state index contributed by atoms with van der Waals surface area (Å²) in [6.07, 6.45) is 12.6. The number of piperidine rings is 1. The molecule has 1 atom stereocenters. The number of imidazole rings is 1. The molecule has 9 heteroatoms. The second-order valence-corrected chi connectivity index (χ2v) is 10.1. The number of nitrogens with zero attached hydrogens (tertiary/aromatic N) is 5. The lowest BCUT2D eigenvalue weighted by molar-refractivity contribution is 0.0719. The van der Waals surface area contributed by atoms with Gasteiger partial charge in [-0.15, -0.1) is 0 Å². The number of aromatic nitrogens is 5. The van der Waals surface area contributed by atoms with E-state index in [-0.39, 0.29) is 6.10 Å². The molecule has 4 aromatic rings. The molecule has 1 saturated heterocycles. The largest absolute Gasteiger partial charge is 0.493 e. The molecule has 1 aliphatic carbocycles. The summed E-state index contributed by atoms with van der Waals surface area (Å²) in [5.41, 5.74) is 4.84. The molecular formula is C27H30N6O3. The van der Waals surface area contributed by atoms with Crippen LogP contribution in [0.2, 0.25) is 0 Å². The molecule has 0 amide bonds. The van der Waals surface area contributed by atoms with Gasteiger partial charge in [-0.1, -0.05) is 0 Å². The highest BCUT2D eigenvalue weighted by molar-refractivity contribution is 5.78. The molecule has 0 radical (unpaired) electrons. The van der Waals surface area contributed by atoms with E-state index in [1.54, 1.807) is 7.11 Å². The molecule has 1 unspecified atom stereocenters. The van der Waals surface area contributed by atoms with E-state index >= 15 is 0 Å². The highest BCUT2D eigenvalue weighted by Gasteiger charge is 2.37. The third-order valence-electron chi connectivity index (χ3n) is 7.55. The van der Waals surface area contributed by atoms with Gasteiger partial charge in [0.1, 0.15) is 18.2 Å². The van der Waals surface area contributed by atoms with E-state index in [0.717, 1.165) is 59.5 Å². The number of hydrogen-bond acceptors (Lipinski definition) is 7. The number of ether oxygens (including phenoxy) is 3. The fraction of sp³-hybridized carbons (Fsp3) is 0.444. The van der Waals surface area contributed by atoms with Crippen molar-refractivity contribution >= 4 is 11.2 Å². The standard InChI is InChI=1S/C27H30N6O3/c1-34-23-8-17(9-24-26(23)36-25(15-35-24)18-2-3-18)13-32-16-30-22-10-19(11-29-27(22)32)20-12-31-33(14-20)21-4-6-28-7-5-21/h8-12,14,16,18,21,25,28H,2-7,13,15H2,1H3. The minimum Gasteiger partial charge on any atom is -0.493 e. The number of nitrogens with one attached hydrogen (secondary N) is 1. The van der Waals surface area contributed by atoms with E-state index in [1.807, 2.05) is 30.9 Å². The average Bonchev–Trinajstić information content (AvgIpc) is 3.53. The summed E-state index contributed by atoms with van der Waals surface area (Å²) in [6.45, 7) is 3.29. The molecule has 0 bridgehead atoms. The lowest BCUT2D eigenvalue weighted by Crippen LogP contribution is -2.31. The Morgan fingerprint density at radius 3 is 2.78 bits per heavy atom. The zero-order valence-corrected chi connectivity index (χ0v) is 20.4. The van der Waals surface area contributed by atoms with E-state index in [4.69, 9.17) is 19.2 Å². The molecule has 9 nitrogen and oxygen atoms in total. The van der Waals surface area contributed by atoms with Crippen LogP contribution >= 0.6 is 0 Å². The predicted octanol–water partition coefficient (Wildman–Crippen LogP) is 3.83. The SMILES string of the molecule is COc1cc(Cn2cnc3cc(-c4cnn(C5CCNCC5)c4)cnc32)cc2c1OC(C1CC1)CO2. The third-order valence-corrected chi connectivity index (χ3v) is 7.55. The van der Waals surface area contributed by atoms with Gasteiger partial charge in [0, 0.05) is 23.5 Å². The van der Waals surface area contributed by atoms with Gasteiger partial charge in [-0.05, 0) is 68.5 Å². The van der Waals surface area contributed by atoms with Gasteiger partial charge in [0.25, 0.3) is 0 Å². The van der Waals surface area contributed by atoms with Gasteiger partial charge in [0.05, 0.1) is 32.2 Å². The molecule has 36 heavy (non-hydrogen) atoms. The maximum Gasteiger partial charge on any atom is 0.203 e. The topological polar surface area (TPSA) is 88.2 Å². The number of rotatable bonds is 6. The zero-order chi connectivity index (χ0) is 24.1. The fourth-order valence-electron chi connectivity index (χ4n) is 5.33. The van der Waals surface area contributed by atoms with Crippen LogP contribution in [-0.2, 0) is 6.54 Å². The van der Waals surface area contributed by atoms with Crippen molar-refractivity contribution in [3.05, 3.63) is 48.7 Å². The van der Waals surface area contributed by atoms with Crippen molar-refractivity contribution in [2.45, 2.75) is 44.4 Å². The summed E-state index contributed by atoms with van der Waals surface area (Å²) in [6, 6.07) is 6.60. The smallest absolute Gasteiger partial charge is 0.203 e. The molecule has 2 aliphatic heterocycles. The number of benzene rings is 1. The van der Waals surface area contributed by atoms with Crippen molar-refractivity contribution in [1.82, 2.24) is 29.6 Å². The van der Waals surface area contributed by atoms with Crippen LogP contribution in [0, 0.1) is 5.92 Å². The molecule has 186 valence electrons. The zero-order valence-electron chi connectivity index (χ0n) is 20.4. The molecule has 3 aliphatic rings. The van der Waals surface area contributed by atoms with E-state index < -0.39 is 0 Å². The first kappa shape index (κ1) is 21.7. The Balaban J connectivity index is 1.13. The van der Waals surface area contributed by atoms with Crippen LogP contribution in [0.4, 0.5) is 0 Å². The molecule has 1 N–H and O–H groups in total. The van der Waals surface area contributed by atoms with Gasteiger partial charge in [0.15, 0.2) is 17.1 Å². The maximum atomic E-state index is 6.24. The molecule has 2 fully saturated rings. The van der Waals surface area contributed by atoms with E-state index in [9.17, 15) is 0 Å². The second-order valence-electron chi connectivity index (χ2n) is 10.1. The monoisotopic (exact) mass is 486 g/mol. The predicted molar refractivity (Wildman–Crippen MR) is 135 cm³/mol. The van der Waals surface area contributed by atoms with Crippen LogP contribution < -0.4 is 19.5 Å². The summed E-state index contributed by atoms with van der Waals surface area (Å²) in [4.78, 5) is 9.41. The van der Waals surface area contributed by atoms with E-state index in [2.05, 4.69) is 36.9 Å². The van der Waals surface area contributed by atoms with Crippen LogP contribution in [0.5, 0.6) is 17.2 Å². The number of pyridine rings is 1. The molecule has 1 aromatic carbocycles. The normalized spacial score (nSPS) is 20.1. The summed E-state index contributed by atoms with van der Waals surface area (Å²) in [7, 11) is 1.67. The highest BCUT2D eigenvalue weighted by Crippen LogP contribution is 2.46. The van der Waals surface area contributed by atoms with Crippen molar-refractivity contribution in [3.8, 4) is 28.4 Å². The first-order chi connectivity index (χ1) is 17.7. The van der Waals surface area contributed by atoms with Crippen molar-refractivity contribution in [1.29, 1.82) is 0 Å². The summed E-state index contributed by atoms with van der Waals surface area (Å²) in [5, 5.41) is 8.04.